The molecule has 0 saturated carbocycles. The van der Waals surface area contributed by atoms with Gasteiger partial charge in [0, 0.05) is 13.1 Å². The summed E-state index contributed by atoms with van der Waals surface area (Å²) in [6.45, 7) is -0.424. The molecule has 0 aliphatic heterocycles. The first-order valence-electron chi connectivity index (χ1n) is 7.00. The van der Waals surface area contributed by atoms with Crippen molar-refractivity contribution in [1.29, 1.82) is 0 Å². The van der Waals surface area contributed by atoms with Gasteiger partial charge in [0.05, 0.1) is 16.2 Å². The zero-order valence-corrected chi connectivity index (χ0v) is 12.8. The van der Waals surface area contributed by atoms with Crippen molar-refractivity contribution < 1.29 is 19.2 Å². The number of rotatable bonds is 6. The van der Waals surface area contributed by atoms with Gasteiger partial charge in [-0.25, -0.2) is 0 Å². The van der Waals surface area contributed by atoms with Gasteiger partial charge in [-0.1, -0.05) is 24.3 Å². The highest BCUT2D eigenvalue weighted by atomic mass is 16.6. The minimum atomic E-state index is -0.589. The molecule has 8 heteroatoms. The van der Waals surface area contributed by atoms with Gasteiger partial charge in [0.1, 0.15) is 0 Å². The smallest absolute Gasteiger partial charge is 0.310 e. The Labute approximate surface area is 137 Å². The maximum Gasteiger partial charge on any atom is 0.310 e. The van der Waals surface area contributed by atoms with E-state index in [1.165, 1.54) is 25.2 Å². The van der Waals surface area contributed by atoms with Crippen LogP contribution in [-0.2, 0) is 4.79 Å². The zero-order valence-electron chi connectivity index (χ0n) is 12.8. The van der Waals surface area contributed by atoms with E-state index in [1.54, 1.807) is 30.3 Å². The van der Waals surface area contributed by atoms with E-state index in [0.717, 1.165) is 0 Å². The second kappa shape index (κ2) is 7.73. The third kappa shape index (κ3) is 4.07. The molecular formula is C16H15N3O5. The Balaban J connectivity index is 2.05. The summed E-state index contributed by atoms with van der Waals surface area (Å²) in [5, 5.41) is 15.9. The van der Waals surface area contributed by atoms with Gasteiger partial charge in [-0.05, 0) is 18.2 Å². The van der Waals surface area contributed by atoms with E-state index in [-0.39, 0.29) is 17.3 Å². The number of benzene rings is 2. The lowest BCUT2D eigenvalue weighted by Gasteiger charge is -2.11. The molecular weight excluding hydrogens is 314 g/mol. The SMILES string of the molecule is CNC(=O)c1ccccc1NC(=O)COc1ccccc1[N+](=O)[O-]. The van der Waals surface area contributed by atoms with E-state index in [2.05, 4.69) is 10.6 Å². The van der Waals surface area contributed by atoms with Gasteiger partial charge < -0.3 is 15.4 Å². The quantitative estimate of drug-likeness (QED) is 0.622. The second-order valence-corrected chi connectivity index (χ2v) is 4.69. The van der Waals surface area contributed by atoms with Crippen molar-refractivity contribution in [3.8, 4) is 5.75 Å². The minimum Gasteiger partial charge on any atom is -0.477 e. The molecule has 124 valence electrons. The van der Waals surface area contributed by atoms with Crippen molar-refractivity contribution in [2.45, 2.75) is 0 Å². The third-order valence-electron chi connectivity index (χ3n) is 3.09. The molecule has 0 unspecified atom stereocenters. The molecule has 2 N–H and O–H groups in total. The van der Waals surface area contributed by atoms with Gasteiger partial charge >= 0.3 is 5.69 Å². The van der Waals surface area contributed by atoms with E-state index in [0.29, 0.717) is 11.3 Å². The number of nitro benzene ring substituents is 1. The molecule has 2 aromatic rings. The number of nitrogens with zero attached hydrogens (tertiary/aromatic N) is 1. The fourth-order valence-corrected chi connectivity index (χ4v) is 1.98. The lowest BCUT2D eigenvalue weighted by atomic mass is 10.1. The zero-order chi connectivity index (χ0) is 17.5. The molecule has 0 saturated heterocycles. The number of nitrogens with one attached hydrogen (secondary N) is 2. The molecule has 24 heavy (non-hydrogen) atoms. The molecule has 2 amide bonds. The highest BCUT2D eigenvalue weighted by molar-refractivity contribution is 6.03. The van der Waals surface area contributed by atoms with Crippen LogP contribution in [-0.4, -0.2) is 30.4 Å². The summed E-state index contributed by atoms with van der Waals surface area (Å²) >= 11 is 0. The van der Waals surface area contributed by atoms with Gasteiger partial charge in [-0.2, -0.15) is 0 Å². The molecule has 0 heterocycles. The Kier molecular flexibility index (Phi) is 5.45. The third-order valence-corrected chi connectivity index (χ3v) is 3.09. The summed E-state index contributed by atoms with van der Waals surface area (Å²) in [6, 6.07) is 12.3. The average Bonchev–Trinajstić information content (AvgIpc) is 2.60. The summed E-state index contributed by atoms with van der Waals surface area (Å²) in [5.41, 5.74) is 0.406. The second-order valence-electron chi connectivity index (χ2n) is 4.69. The van der Waals surface area contributed by atoms with Crippen LogP contribution in [0.5, 0.6) is 5.75 Å². The average molecular weight is 329 g/mol. The van der Waals surface area contributed by atoms with Crippen LogP contribution < -0.4 is 15.4 Å². The van der Waals surface area contributed by atoms with Crippen LogP contribution in [0, 0.1) is 10.1 Å². The molecule has 0 aliphatic rings. The van der Waals surface area contributed by atoms with E-state index < -0.39 is 17.4 Å². The summed E-state index contributed by atoms with van der Waals surface area (Å²) in [7, 11) is 1.48. The Bertz CT molecular complexity index is 776. The Morgan fingerprint density at radius 1 is 1.12 bits per heavy atom. The van der Waals surface area contributed by atoms with Crippen LogP contribution in [0.25, 0.3) is 0 Å². The van der Waals surface area contributed by atoms with Crippen molar-refractivity contribution in [1.82, 2.24) is 5.32 Å². The first-order chi connectivity index (χ1) is 11.5. The molecule has 0 atom stereocenters. The van der Waals surface area contributed by atoms with E-state index >= 15 is 0 Å². The summed E-state index contributed by atoms with van der Waals surface area (Å²) in [6.07, 6.45) is 0. The normalized spacial score (nSPS) is 9.88. The highest BCUT2D eigenvalue weighted by Crippen LogP contribution is 2.25. The molecule has 0 fully saturated rings. The first-order valence-corrected chi connectivity index (χ1v) is 7.00. The van der Waals surface area contributed by atoms with Crippen molar-refractivity contribution in [2.75, 3.05) is 19.0 Å². The largest absolute Gasteiger partial charge is 0.477 e. The molecule has 0 aliphatic carbocycles. The number of anilines is 1. The number of carbonyl (C=O) groups excluding carboxylic acids is 2. The predicted molar refractivity (Wildman–Crippen MR) is 87.1 cm³/mol. The van der Waals surface area contributed by atoms with Crippen LogP contribution in [0.1, 0.15) is 10.4 Å². The van der Waals surface area contributed by atoms with Crippen molar-refractivity contribution >= 4 is 23.2 Å². The number of para-hydroxylation sites is 3. The molecule has 0 bridgehead atoms. The van der Waals surface area contributed by atoms with Gasteiger partial charge in [0.2, 0.25) is 0 Å². The summed E-state index contributed by atoms with van der Waals surface area (Å²) in [4.78, 5) is 34.0. The fraction of sp³-hybridized carbons (Fsp3) is 0.125. The molecule has 2 rings (SSSR count). The van der Waals surface area contributed by atoms with Gasteiger partial charge in [0.15, 0.2) is 12.4 Å². The first kappa shape index (κ1) is 16.9. The maximum atomic E-state index is 12.0. The van der Waals surface area contributed by atoms with E-state index in [9.17, 15) is 19.7 Å². The number of ether oxygens (including phenoxy) is 1. The van der Waals surface area contributed by atoms with Crippen LogP contribution in [0.15, 0.2) is 48.5 Å². The number of amides is 2. The Morgan fingerprint density at radius 3 is 2.50 bits per heavy atom. The van der Waals surface area contributed by atoms with E-state index in [4.69, 9.17) is 4.74 Å². The fourth-order valence-electron chi connectivity index (χ4n) is 1.98. The Morgan fingerprint density at radius 2 is 1.79 bits per heavy atom. The number of nitro groups is 1. The number of carbonyl (C=O) groups is 2. The predicted octanol–water partition coefficient (Wildman–Crippen LogP) is 1.97. The number of hydrogen-bond donors (Lipinski definition) is 2. The molecule has 0 radical (unpaired) electrons. The molecule has 0 spiro atoms. The minimum absolute atomic E-state index is 0.00256. The van der Waals surface area contributed by atoms with Crippen molar-refractivity contribution in [3.63, 3.8) is 0 Å². The lowest BCUT2D eigenvalue weighted by Crippen LogP contribution is -2.24. The monoisotopic (exact) mass is 329 g/mol. The standard InChI is InChI=1S/C16H15N3O5/c1-17-16(21)11-6-2-3-7-12(11)18-15(20)10-24-14-9-5-4-8-13(14)19(22)23/h2-9H,10H2,1H3,(H,17,21)(H,18,20). The molecule has 0 aromatic heterocycles. The molecule has 2 aromatic carbocycles. The van der Waals surface area contributed by atoms with Crippen molar-refractivity contribution in [3.05, 3.63) is 64.2 Å². The van der Waals surface area contributed by atoms with Crippen molar-refractivity contribution in [2.24, 2.45) is 0 Å². The topological polar surface area (TPSA) is 111 Å². The van der Waals surface area contributed by atoms with Crippen LogP contribution in [0.2, 0.25) is 0 Å². The van der Waals surface area contributed by atoms with Gasteiger partial charge in [-0.15, -0.1) is 0 Å². The van der Waals surface area contributed by atoms with Gasteiger partial charge in [-0.3, -0.25) is 19.7 Å². The highest BCUT2D eigenvalue weighted by Gasteiger charge is 2.16. The molecule has 8 nitrogen and oxygen atoms in total. The van der Waals surface area contributed by atoms with Crippen LogP contribution in [0.4, 0.5) is 11.4 Å². The maximum absolute atomic E-state index is 12.0. The Hall–Kier alpha value is -3.42. The van der Waals surface area contributed by atoms with Crippen LogP contribution >= 0.6 is 0 Å². The van der Waals surface area contributed by atoms with Crippen LogP contribution in [0.3, 0.4) is 0 Å². The lowest BCUT2D eigenvalue weighted by molar-refractivity contribution is -0.385. The van der Waals surface area contributed by atoms with Gasteiger partial charge in [0.25, 0.3) is 11.8 Å². The van der Waals surface area contributed by atoms with E-state index in [1.807, 2.05) is 0 Å². The summed E-state index contributed by atoms with van der Waals surface area (Å²) in [5.74, 6) is -0.882. The number of hydrogen-bond acceptors (Lipinski definition) is 5. The summed E-state index contributed by atoms with van der Waals surface area (Å²) < 4.78 is 5.20.